The first-order chi connectivity index (χ1) is 20.1. The number of halogens is 4. The van der Waals surface area contributed by atoms with E-state index >= 15 is 0 Å². The van der Waals surface area contributed by atoms with Crippen molar-refractivity contribution in [2.75, 3.05) is 11.9 Å². The molecule has 2 fully saturated rings. The fourth-order valence-electron chi connectivity index (χ4n) is 6.16. The van der Waals surface area contributed by atoms with Crippen LogP contribution in [0.1, 0.15) is 56.3 Å². The molecule has 14 heteroatoms. The van der Waals surface area contributed by atoms with Crippen LogP contribution in [0.2, 0.25) is 5.02 Å². The summed E-state index contributed by atoms with van der Waals surface area (Å²) in [5.74, 6) is -7.77. The number of benzene rings is 2. The lowest BCUT2D eigenvalue weighted by molar-refractivity contribution is -0.130. The minimum Gasteiger partial charge on any atom is -0.390 e. The molecule has 0 aromatic heterocycles. The van der Waals surface area contributed by atoms with Gasteiger partial charge in [-0.15, -0.1) is 0 Å². The predicted octanol–water partition coefficient (Wildman–Crippen LogP) is 3.59. The predicted molar refractivity (Wildman–Crippen MR) is 152 cm³/mol. The largest absolute Gasteiger partial charge is 0.390 e. The Hall–Kier alpha value is -2.71. The fraction of sp³-hybridized carbons (Fsp3) is 0.517. The van der Waals surface area contributed by atoms with E-state index in [4.69, 9.17) is 11.6 Å². The maximum absolute atomic E-state index is 13.8. The first kappa shape index (κ1) is 33.2. The van der Waals surface area contributed by atoms with Gasteiger partial charge in [0.15, 0.2) is 27.3 Å². The summed E-state index contributed by atoms with van der Waals surface area (Å²) in [6.07, 6.45) is -1.32. The molecule has 2 saturated carbocycles. The van der Waals surface area contributed by atoms with Gasteiger partial charge < -0.3 is 26.0 Å². The third-order valence-electron chi connectivity index (χ3n) is 8.81. The molecule has 4 rings (SSSR count). The van der Waals surface area contributed by atoms with Crippen LogP contribution in [0.25, 0.3) is 0 Å². The Balaban J connectivity index is 1.51. The zero-order valence-electron chi connectivity index (χ0n) is 23.5. The van der Waals surface area contributed by atoms with Gasteiger partial charge in [-0.2, -0.15) is 0 Å². The Morgan fingerprint density at radius 1 is 1.02 bits per heavy atom. The summed E-state index contributed by atoms with van der Waals surface area (Å²) in [5, 5.41) is 35.0. The number of aliphatic hydroxyl groups is 3. The highest BCUT2D eigenvalue weighted by Crippen LogP contribution is 2.44. The van der Waals surface area contributed by atoms with Gasteiger partial charge in [0, 0.05) is 35.8 Å². The average Bonchev–Trinajstić information content (AvgIpc) is 3.29. The molecule has 2 aliphatic rings. The van der Waals surface area contributed by atoms with Gasteiger partial charge in [-0.3, -0.25) is 9.59 Å². The van der Waals surface area contributed by atoms with E-state index in [0.717, 1.165) is 6.07 Å². The Kier molecular flexibility index (Phi) is 9.82. The summed E-state index contributed by atoms with van der Waals surface area (Å²) in [7, 11) is -4.16. The number of nitrogens with one attached hydrogen (secondary N) is 2. The number of aliphatic hydroxyl groups excluding tert-OH is 2. The van der Waals surface area contributed by atoms with Crippen LogP contribution in [0, 0.1) is 35.2 Å². The van der Waals surface area contributed by atoms with Gasteiger partial charge in [0.1, 0.15) is 0 Å². The maximum atomic E-state index is 13.8. The highest BCUT2D eigenvalue weighted by molar-refractivity contribution is 7.92. The number of carbonyl (C=O) groups is 2. The lowest BCUT2D eigenvalue weighted by Gasteiger charge is -2.47. The van der Waals surface area contributed by atoms with Crippen LogP contribution in [0.15, 0.2) is 35.2 Å². The van der Waals surface area contributed by atoms with E-state index in [-0.39, 0.29) is 53.4 Å². The van der Waals surface area contributed by atoms with Crippen LogP contribution in [-0.2, 0) is 14.6 Å². The highest BCUT2D eigenvalue weighted by Gasteiger charge is 2.50. The highest BCUT2D eigenvalue weighted by atomic mass is 35.5. The van der Waals surface area contributed by atoms with E-state index < -0.39 is 79.9 Å². The molecule has 2 amide bonds. The van der Waals surface area contributed by atoms with Crippen molar-refractivity contribution in [1.82, 2.24) is 5.32 Å². The summed E-state index contributed by atoms with van der Waals surface area (Å²) in [6.45, 7) is 3.34. The Bertz CT molecular complexity index is 1480. The minimum atomic E-state index is -4.16. The standard InChI is InChI=1S/C29H34ClF3N2O7S/c1-3-17-10-19(6-14(2)29(17,40)13-34-27(38)16-7-23(36)24(37)8-16)43(41,42)25-9-15(4-5-20(25)30)28(39)35-18-11-21(31)26(33)22(32)12-18/h4-5,9,11-12,14,16-17,19,23-24,36-37,40H,3,6-8,10,13H2,1-2H3,(H,34,38)(H,35,39)/t14-,16?,17?,19-,23?,24?,29-/m0/s1. The quantitative estimate of drug-likeness (QED) is 0.275. The van der Waals surface area contributed by atoms with Crippen molar-refractivity contribution in [3.63, 3.8) is 0 Å². The van der Waals surface area contributed by atoms with Crippen molar-refractivity contribution in [3.05, 3.63) is 58.4 Å². The van der Waals surface area contributed by atoms with Gasteiger partial charge in [-0.05, 0) is 55.7 Å². The number of sulfone groups is 1. The summed E-state index contributed by atoms with van der Waals surface area (Å²) < 4.78 is 68.1. The normalized spacial score (nSPS) is 29.3. The molecular weight excluding hydrogens is 613 g/mol. The molecule has 3 unspecified atom stereocenters. The van der Waals surface area contributed by atoms with Crippen molar-refractivity contribution in [2.24, 2.45) is 17.8 Å². The molecule has 0 bridgehead atoms. The van der Waals surface area contributed by atoms with E-state index in [1.54, 1.807) is 13.8 Å². The molecule has 0 spiro atoms. The van der Waals surface area contributed by atoms with Crippen molar-refractivity contribution < 1.29 is 46.5 Å². The third-order valence-corrected chi connectivity index (χ3v) is 11.5. The van der Waals surface area contributed by atoms with Gasteiger partial charge in [0.25, 0.3) is 5.91 Å². The zero-order valence-corrected chi connectivity index (χ0v) is 25.1. The molecule has 2 aliphatic carbocycles. The number of anilines is 1. The van der Waals surface area contributed by atoms with Crippen LogP contribution >= 0.6 is 11.6 Å². The SMILES string of the molecule is CCC1C[C@@H](S(=O)(=O)c2cc(C(=O)Nc3cc(F)c(F)c(F)c3)ccc2Cl)C[C@H](C)[C@@]1(O)CNC(=O)C1CC(O)C(O)C1. The monoisotopic (exact) mass is 646 g/mol. The lowest BCUT2D eigenvalue weighted by Crippen LogP contribution is -2.58. The molecule has 2 aromatic rings. The molecule has 0 heterocycles. The number of rotatable bonds is 8. The molecular formula is C29H34ClF3N2O7S. The first-order valence-corrected chi connectivity index (χ1v) is 15.9. The summed E-state index contributed by atoms with van der Waals surface area (Å²) in [6, 6.07) is 4.67. The van der Waals surface area contributed by atoms with Gasteiger partial charge in [0.05, 0.1) is 33.0 Å². The Morgan fingerprint density at radius 2 is 1.63 bits per heavy atom. The van der Waals surface area contributed by atoms with Crippen molar-refractivity contribution >= 4 is 38.9 Å². The second-order valence-electron chi connectivity index (χ2n) is 11.5. The van der Waals surface area contributed by atoms with Crippen molar-refractivity contribution in [2.45, 2.75) is 73.9 Å². The number of carbonyl (C=O) groups excluding carboxylic acids is 2. The molecule has 5 N–H and O–H groups in total. The Morgan fingerprint density at radius 3 is 2.21 bits per heavy atom. The summed E-state index contributed by atoms with van der Waals surface area (Å²) in [5.41, 5.74) is -1.98. The van der Waals surface area contributed by atoms with Gasteiger partial charge >= 0.3 is 0 Å². The number of hydrogen-bond acceptors (Lipinski definition) is 7. The van der Waals surface area contributed by atoms with Crippen LogP contribution in [0.3, 0.4) is 0 Å². The number of hydrogen-bond donors (Lipinski definition) is 5. The maximum Gasteiger partial charge on any atom is 0.255 e. The van der Waals surface area contributed by atoms with Gasteiger partial charge in [-0.25, -0.2) is 21.6 Å². The van der Waals surface area contributed by atoms with Crippen molar-refractivity contribution in [3.8, 4) is 0 Å². The molecule has 9 nitrogen and oxygen atoms in total. The topological polar surface area (TPSA) is 153 Å². The lowest BCUT2D eigenvalue weighted by atomic mass is 9.67. The zero-order chi connectivity index (χ0) is 31.9. The first-order valence-electron chi connectivity index (χ1n) is 13.9. The molecule has 0 saturated heterocycles. The van der Waals surface area contributed by atoms with Gasteiger partial charge in [0.2, 0.25) is 5.91 Å². The molecule has 2 aromatic carbocycles. The van der Waals surface area contributed by atoms with Crippen LogP contribution in [0.5, 0.6) is 0 Å². The van der Waals surface area contributed by atoms with E-state index in [0.29, 0.717) is 18.6 Å². The summed E-state index contributed by atoms with van der Waals surface area (Å²) >= 11 is 6.27. The summed E-state index contributed by atoms with van der Waals surface area (Å²) in [4.78, 5) is 25.1. The minimum absolute atomic E-state index is 0.0208. The molecule has 236 valence electrons. The Labute approximate surface area is 252 Å². The second-order valence-corrected chi connectivity index (χ2v) is 14.1. The molecule has 0 aliphatic heterocycles. The van der Waals surface area contributed by atoms with Gasteiger partial charge in [-0.1, -0.05) is 31.9 Å². The van der Waals surface area contributed by atoms with E-state index in [1.807, 2.05) is 0 Å². The van der Waals surface area contributed by atoms with Crippen LogP contribution in [-0.4, -0.2) is 65.2 Å². The smallest absolute Gasteiger partial charge is 0.255 e. The van der Waals surface area contributed by atoms with E-state index in [2.05, 4.69) is 10.6 Å². The molecule has 43 heavy (non-hydrogen) atoms. The second kappa shape index (κ2) is 12.7. The van der Waals surface area contributed by atoms with Crippen LogP contribution < -0.4 is 10.6 Å². The van der Waals surface area contributed by atoms with E-state index in [1.165, 1.54) is 12.1 Å². The van der Waals surface area contributed by atoms with Crippen molar-refractivity contribution in [1.29, 1.82) is 0 Å². The van der Waals surface area contributed by atoms with E-state index in [9.17, 15) is 46.5 Å². The molecule has 6 atom stereocenters. The molecule has 0 radical (unpaired) electrons. The fourth-order valence-corrected chi connectivity index (χ4v) is 8.62. The van der Waals surface area contributed by atoms with Crippen LogP contribution in [0.4, 0.5) is 18.9 Å². The average molecular weight is 647 g/mol. The number of amides is 2. The third kappa shape index (κ3) is 6.70.